The number of hydrogen-bond acceptors (Lipinski definition) is 3. The van der Waals surface area contributed by atoms with Gasteiger partial charge in [0.25, 0.3) is 0 Å². The summed E-state index contributed by atoms with van der Waals surface area (Å²) in [6, 6.07) is 27.6. The van der Waals surface area contributed by atoms with Gasteiger partial charge in [0, 0.05) is 28.9 Å². The van der Waals surface area contributed by atoms with Gasteiger partial charge in [0.15, 0.2) is 0 Å². The number of nitrogens with one attached hydrogen (secondary N) is 2. The third-order valence-electron chi connectivity index (χ3n) is 5.26. The van der Waals surface area contributed by atoms with Crippen molar-refractivity contribution in [3.05, 3.63) is 96.0 Å². The first kappa shape index (κ1) is 24.0. The van der Waals surface area contributed by atoms with Crippen LogP contribution in [0.3, 0.4) is 0 Å². The van der Waals surface area contributed by atoms with E-state index in [0.717, 1.165) is 16.9 Å². The highest BCUT2D eigenvalue weighted by Crippen LogP contribution is 2.24. The molecule has 0 aliphatic carbocycles. The molecule has 0 spiro atoms. The maximum absolute atomic E-state index is 13.0. The average Bonchev–Trinajstić information content (AvgIpc) is 3.30. The van der Waals surface area contributed by atoms with Crippen molar-refractivity contribution in [1.29, 1.82) is 0 Å². The van der Waals surface area contributed by atoms with Crippen molar-refractivity contribution in [3.8, 4) is 16.9 Å². The molecular weight excluding hydrogens is 462 g/mol. The molecule has 178 valence electrons. The van der Waals surface area contributed by atoms with E-state index in [1.165, 1.54) is 4.90 Å². The lowest BCUT2D eigenvalue weighted by atomic mass is 10.1. The average molecular weight is 488 g/mol. The van der Waals surface area contributed by atoms with Gasteiger partial charge in [0.05, 0.1) is 11.4 Å². The molecule has 0 fully saturated rings. The Kier molecular flexibility index (Phi) is 7.80. The number of carbonyl (C=O) groups excluding carboxylic acids is 2. The number of rotatable bonds is 8. The summed E-state index contributed by atoms with van der Waals surface area (Å²) >= 11 is 5.92. The highest BCUT2D eigenvalue weighted by molar-refractivity contribution is 6.30. The van der Waals surface area contributed by atoms with Crippen LogP contribution in [-0.4, -0.2) is 39.7 Å². The number of hydrogen-bond donors (Lipinski definition) is 2. The number of carbonyl (C=O) groups is 2. The summed E-state index contributed by atoms with van der Waals surface area (Å²) in [6.45, 7) is 2.28. The SMILES string of the molecule is CCCN(CC(=O)Nc1cc(-c2ccccc2)nn1-c1ccccc1)C(=O)Nc1ccc(Cl)cc1. The smallest absolute Gasteiger partial charge is 0.315 e. The van der Waals surface area contributed by atoms with Crippen LogP contribution >= 0.6 is 11.6 Å². The zero-order valence-electron chi connectivity index (χ0n) is 19.3. The zero-order valence-corrected chi connectivity index (χ0v) is 20.1. The Hall–Kier alpha value is -4.10. The first-order valence-corrected chi connectivity index (χ1v) is 11.7. The molecular formula is C27H26ClN5O2. The molecule has 0 aliphatic heterocycles. The van der Waals surface area contributed by atoms with Crippen molar-refractivity contribution in [2.45, 2.75) is 13.3 Å². The molecule has 35 heavy (non-hydrogen) atoms. The van der Waals surface area contributed by atoms with Crippen molar-refractivity contribution in [1.82, 2.24) is 14.7 Å². The van der Waals surface area contributed by atoms with Gasteiger partial charge in [0.2, 0.25) is 5.91 Å². The number of para-hydroxylation sites is 1. The quantitative estimate of drug-likeness (QED) is 0.316. The molecule has 2 N–H and O–H groups in total. The molecule has 0 atom stereocenters. The van der Waals surface area contributed by atoms with E-state index in [4.69, 9.17) is 16.7 Å². The molecule has 1 aromatic heterocycles. The monoisotopic (exact) mass is 487 g/mol. The Bertz CT molecular complexity index is 1270. The van der Waals surface area contributed by atoms with Gasteiger partial charge in [-0.2, -0.15) is 5.10 Å². The molecule has 1 heterocycles. The fourth-order valence-electron chi connectivity index (χ4n) is 3.60. The molecule has 0 saturated carbocycles. The summed E-state index contributed by atoms with van der Waals surface area (Å²) in [4.78, 5) is 27.4. The second kappa shape index (κ2) is 11.4. The molecule has 0 bridgehead atoms. The van der Waals surface area contributed by atoms with Gasteiger partial charge >= 0.3 is 6.03 Å². The van der Waals surface area contributed by atoms with E-state index in [0.29, 0.717) is 29.5 Å². The molecule has 0 aliphatic rings. The van der Waals surface area contributed by atoms with Crippen LogP contribution in [0, 0.1) is 0 Å². The van der Waals surface area contributed by atoms with Crippen LogP contribution in [0.25, 0.3) is 16.9 Å². The minimum Gasteiger partial charge on any atom is -0.315 e. The van der Waals surface area contributed by atoms with E-state index in [9.17, 15) is 9.59 Å². The Balaban J connectivity index is 1.53. The third-order valence-corrected chi connectivity index (χ3v) is 5.51. The van der Waals surface area contributed by atoms with Crippen molar-refractivity contribution in [2.75, 3.05) is 23.7 Å². The Morgan fingerprint density at radius 1 is 0.914 bits per heavy atom. The summed E-state index contributed by atoms with van der Waals surface area (Å²) in [6.07, 6.45) is 0.710. The first-order valence-electron chi connectivity index (χ1n) is 11.4. The maximum atomic E-state index is 13.0. The van der Waals surface area contributed by atoms with Crippen molar-refractivity contribution < 1.29 is 9.59 Å². The van der Waals surface area contributed by atoms with Crippen LogP contribution in [0.15, 0.2) is 91.0 Å². The Morgan fingerprint density at radius 2 is 1.57 bits per heavy atom. The van der Waals surface area contributed by atoms with Crippen LogP contribution in [0.5, 0.6) is 0 Å². The van der Waals surface area contributed by atoms with Gasteiger partial charge < -0.3 is 15.5 Å². The van der Waals surface area contributed by atoms with Crippen molar-refractivity contribution in [3.63, 3.8) is 0 Å². The molecule has 3 aromatic carbocycles. The Morgan fingerprint density at radius 3 is 2.23 bits per heavy atom. The minimum absolute atomic E-state index is 0.103. The van der Waals surface area contributed by atoms with Crippen LogP contribution < -0.4 is 10.6 Å². The maximum Gasteiger partial charge on any atom is 0.322 e. The summed E-state index contributed by atoms with van der Waals surface area (Å²) in [7, 11) is 0. The van der Waals surface area contributed by atoms with Crippen LogP contribution in [0.2, 0.25) is 5.02 Å². The fourth-order valence-corrected chi connectivity index (χ4v) is 3.73. The van der Waals surface area contributed by atoms with Crippen LogP contribution in [-0.2, 0) is 4.79 Å². The van der Waals surface area contributed by atoms with Crippen molar-refractivity contribution >= 4 is 35.0 Å². The van der Waals surface area contributed by atoms with E-state index in [1.54, 1.807) is 28.9 Å². The second-order valence-corrected chi connectivity index (χ2v) is 8.37. The highest BCUT2D eigenvalue weighted by atomic mass is 35.5. The van der Waals surface area contributed by atoms with E-state index in [2.05, 4.69) is 10.6 Å². The number of halogens is 1. The molecule has 4 aromatic rings. The molecule has 4 rings (SSSR count). The number of nitrogens with zero attached hydrogens (tertiary/aromatic N) is 3. The molecule has 8 heteroatoms. The van der Waals surface area contributed by atoms with Gasteiger partial charge in [-0.25, -0.2) is 9.48 Å². The molecule has 7 nitrogen and oxygen atoms in total. The number of urea groups is 1. The van der Waals surface area contributed by atoms with E-state index in [1.807, 2.05) is 73.7 Å². The first-order chi connectivity index (χ1) is 17.0. The molecule has 0 unspecified atom stereocenters. The Labute approximate surface area is 209 Å². The predicted octanol–water partition coefficient (Wildman–Crippen LogP) is 6.08. The largest absolute Gasteiger partial charge is 0.322 e. The number of amides is 3. The molecule has 3 amide bonds. The van der Waals surface area contributed by atoms with Gasteiger partial charge in [-0.1, -0.05) is 67.1 Å². The summed E-state index contributed by atoms with van der Waals surface area (Å²) < 4.78 is 1.69. The molecule has 0 saturated heterocycles. The van der Waals surface area contributed by atoms with Crippen LogP contribution in [0.4, 0.5) is 16.3 Å². The second-order valence-electron chi connectivity index (χ2n) is 7.93. The van der Waals surface area contributed by atoms with E-state index >= 15 is 0 Å². The normalized spacial score (nSPS) is 10.6. The van der Waals surface area contributed by atoms with Gasteiger partial charge in [-0.3, -0.25) is 4.79 Å². The molecule has 0 radical (unpaired) electrons. The van der Waals surface area contributed by atoms with Gasteiger partial charge in [-0.15, -0.1) is 0 Å². The number of benzene rings is 3. The number of aromatic nitrogens is 2. The van der Waals surface area contributed by atoms with Gasteiger partial charge in [-0.05, 0) is 42.8 Å². The topological polar surface area (TPSA) is 79.3 Å². The lowest BCUT2D eigenvalue weighted by molar-refractivity contribution is -0.116. The fraction of sp³-hybridized carbons (Fsp3) is 0.148. The van der Waals surface area contributed by atoms with Crippen LogP contribution in [0.1, 0.15) is 13.3 Å². The van der Waals surface area contributed by atoms with Crippen molar-refractivity contribution in [2.24, 2.45) is 0 Å². The number of anilines is 2. The van der Waals surface area contributed by atoms with E-state index in [-0.39, 0.29) is 18.5 Å². The predicted molar refractivity (Wildman–Crippen MR) is 140 cm³/mol. The summed E-state index contributed by atoms with van der Waals surface area (Å²) in [5, 5.41) is 11.1. The van der Waals surface area contributed by atoms with Gasteiger partial charge in [0.1, 0.15) is 12.4 Å². The minimum atomic E-state index is -0.356. The zero-order chi connectivity index (χ0) is 24.6. The third kappa shape index (κ3) is 6.28. The lowest BCUT2D eigenvalue weighted by Gasteiger charge is -2.22. The highest BCUT2D eigenvalue weighted by Gasteiger charge is 2.19. The standard InChI is InChI=1S/C27H26ClN5O2/c1-2-17-32(27(35)29-22-15-13-21(28)14-16-22)19-26(34)30-25-18-24(20-9-5-3-6-10-20)31-33(25)23-11-7-4-8-12-23/h3-16,18H,2,17,19H2,1H3,(H,29,35)(H,30,34). The van der Waals surface area contributed by atoms with E-state index < -0.39 is 0 Å². The lowest BCUT2D eigenvalue weighted by Crippen LogP contribution is -2.41. The summed E-state index contributed by atoms with van der Waals surface area (Å²) in [5.41, 5.74) is 3.09. The summed E-state index contributed by atoms with van der Waals surface area (Å²) in [5.74, 6) is 0.205.